The van der Waals surface area contributed by atoms with Gasteiger partial charge in [-0.25, -0.2) is 4.98 Å². The zero-order valence-electron chi connectivity index (χ0n) is 13.3. The van der Waals surface area contributed by atoms with Crippen LogP contribution >= 0.6 is 0 Å². The molecular formula is C18H18N2O4. The van der Waals surface area contributed by atoms with Crippen molar-refractivity contribution < 1.29 is 18.7 Å². The molecule has 0 aliphatic rings. The fraction of sp³-hybridized carbons (Fsp3) is 0.222. The molecule has 0 aliphatic carbocycles. The standard InChI is InChI=1S/C18H18N2O4/c1-22-15-4-2-3-5-16(15)23-11-18(21)19-9-8-13-6-7-14-17(10-13)24-12-20-14/h2-7,10,12H,8-9,11H2,1H3,(H,19,21). The summed E-state index contributed by atoms with van der Waals surface area (Å²) in [4.78, 5) is 15.9. The lowest BCUT2D eigenvalue weighted by Crippen LogP contribution is -2.30. The molecule has 0 radical (unpaired) electrons. The van der Waals surface area contributed by atoms with Crippen LogP contribution in [0, 0.1) is 0 Å². The first-order valence-electron chi connectivity index (χ1n) is 7.61. The highest BCUT2D eigenvalue weighted by Gasteiger charge is 2.07. The van der Waals surface area contributed by atoms with Gasteiger partial charge in [0.1, 0.15) is 5.52 Å². The van der Waals surface area contributed by atoms with Gasteiger partial charge in [-0.05, 0) is 36.2 Å². The van der Waals surface area contributed by atoms with Gasteiger partial charge in [0.15, 0.2) is 30.1 Å². The summed E-state index contributed by atoms with van der Waals surface area (Å²) in [5, 5.41) is 2.83. The molecule has 24 heavy (non-hydrogen) atoms. The van der Waals surface area contributed by atoms with Crippen LogP contribution in [0.25, 0.3) is 11.1 Å². The van der Waals surface area contributed by atoms with Gasteiger partial charge in [-0.15, -0.1) is 0 Å². The number of oxazole rings is 1. The average Bonchev–Trinajstić information content (AvgIpc) is 3.08. The monoisotopic (exact) mass is 326 g/mol. The number of hydrogen-bond donors (Lipinski definition) is 1. The van der Waals surface area contributed by atoms with Crippen molar-refractivity contribution in [2.75, 3.05) is 20.3 Å². The predicted octanol–water partition coefficient (Wildman–Crippen LogP) is 2.57. The number of nitrogens with zero attached hydrogens (tertiary/aromatic N) is 1. The second kappa shape index (κ2) is 7.50. The van der Waals surface area contributed by atoms with Crippen molar-refractivity contribution >= 4 is 17.0 Å². The Morgan fingerprint density at radius 2 is 2.04 bits per heavy atom. The van der Waals surface area contributed by atoms with Gasteiger partial charge < -0.3 is 19.2 Å². The lowest BCUT2D eigenvalue weighted by atomic mass is 10.1. The number of nitrogens with one attached hydrogen (secondary N) is 1. The molecule has 6 nitrogen and oxygen atoms in total. The molecule has 3 aromatic rings. The number of methoxy groups -OCH3 is 1. The van der Waals surface area contributed by atoms with Crippen LogP contribution < -0.4 is 14.8 Å². The molecule has 2 aromatic carbocycles. The van der Waals surface area contributed by atoms with Crippen molar-refractivity contribution in [3.63, 3.8) is 0 Å². The van der Waals surface area contributed by atoms with E-state index in [-0.39, 0.29) is 12.5 Å². The Bertz CT molecular complexity index is 829. The fourth-order valence-corrected chi connectivity index (χ4v) is 2.33. The first-order chi connectivity index (χ1) is 11.8. The molecule has 0 aliphatic heterocycles. The van der Waals surface area contributed by atoms with Crippen molar-refractivity contribution in [1.82, 2.24) is 10.3 Å². The zero-order chi connectivity index (χ0) is 16.8. The first kappa shape index (κ1) is 15.9. The van der Waals surface area contributed by atoms with E-state index in [1.165, 1.54) is 6.39 Å². The molecule has 6 heteroatoms. The molecule has 0 bridgehead atoms. The van der Waals surface area contributed by atoms with E-state index in [2.05, 4.69) is 10.3 Å². The minimum absolute atomic E-state index is 0.0541. The number of amides is 1. The molecular weight excluding hydrogens is 308 g/mol. The largest absolute Gasteiger partial charge is 0.493 e. The summed E-state index contributed by atoms with van der Waals surface area (Å²) < 4.78 is 15.9. The summed E-state index contributed by atoms with van der Waals surface area (Å²) in [6, 6.07) is 13.0. The lowest BCUT2D eigenvalue weighted by Gasteiger charge is -2.10. The maximum atomic E-state index is 11.9. The Labute approximate surface area is 139 Å². The summed E-state index contributed by atoms with van der Waals surface area (Å²) in [5.74, 6) is 0.971. The summed E-state index contributed by atoms with van der Waals surface area (Å²) in [7, 11) is 1.56. The molecule has 0 saturated carbocycles. The Hall–Kier alpha value is -3.02. The van der Waals surface area contributed by atoms with E-state index in [1.54, 1.807) is 19.2 Å². The molecule has 1 heterocycles. The van der Waals surface area contributed by atoms with Crippen molar-refractivity contribution in [3.8, 4) is 11.5 Å². The average molecular weight is 326 g/mol. The van der Waals surface area contributed by atoms with E-state index < -0.39 is 0 Å². The lowest BCUT2D eigenvalue weighted by molar-refractivity contribution is -0.123. The van der Waals surface area contributed by atoms with Crippen LogP contribution in [0.4, 0.5) is 0 Å². The second-order valence-electron chi connectivity index (χ2n) is 5.19. The predicted molar refractivity (Wildman–Crippen MR) is 89.2 cm³/mol. The van der Waals surface area contributed by atoms with E-state index >= 15 is 0 Å². The van der Waals surface area contributed by atoms with Gasteiger partial charge in [-0.1, -0.05) is 18.2 Å². The molecule has 1 aromatic heterocycles. The third-order valence-electron chi connectivity index (χ3n) is 3.56. The maximum Gasteiger partial charge on any atom is 0.257 e. The third-order valence-corrected chi connectivity index (χ3v) is 3.56. The number of para-hydroxylation sites is 2. The van der Waals surface area contributed by atoms with E-state index in [9.17, 15) is 4.79 Å². The molecule has 0 fully saturated rings. The van der Waals surface area contributed by atoms with E-state index in [1.807, 2.05) is 30.3 Å². The molecule has 1 N–H and O–H groups in total. The summed E-state index contributed by atoms with van der Waals surface area (Å²) >= 11 is 0. The van der Waals surface area contributed by atoms with E-state index in [4.69, 9.17) is 13.9 Å². The van der Waals surface area contributed by atoms with Gasteiger partial charge >= 0.3 is 0 Å². The maximum absolute atomic E-state index is 11.9. The van der Waals surface area contributed by atoms with Gasteiger partial charge in [0.25, 0.3) is 5.91 Å². The zero-order valence-corrected chi connectivity index (χ0v) is 13.3. The van der Waals surface area contributed by atoms with Crippen LogP contribution in [-0.2, 0) is 11.2 Å². The summed E-state index contributed by atoms with van der Waals surface area (Å²) in [6.07, 6.45) is 2.13. The number of fused-ring (bicyclic) bond motifs is 1. The molecule has 0 spiro atoms. The van der Waals surface area contributed by atoms with Gasteiger partial charge in [0.05, 0.1) is 7.11 Å². The number of benzene rings is 2. The number of ether oxygens (including phenoxy) is 2. The Kier molecular flexibility index (Phi) is 4.96. The van der Waals surface area contributed by atoms with Crippen molar-refractivity contribution in [2.45, 2.75) is 6.42 Å². The topological polar surface area (TPSA) is 73.6 Å². The number of rotatable bonds is 7. The van der Waals surface area contributed by atoms with Crippen molar-refractivity contribution in [2.24, 2.45) is 0 Å². The number of carbonyl (C=O) groups is 1. The number of hydrogen-bond acceptors (Lipinski definition) is 5. The minimum Gasteiger partial charge on any atom is -0.493 e. The Morgan fingerprint density at radius 1 is 1.21 bits per heavy atom. The van der Waals surface area contributed by atoms with Gasteiger partial charge in [0.2, 0.25) is 0 Å². The fourth-order valence-electron chi connectivity index (χ4n) is 2.33. The molecule has 0 unspecified atom stereocenters. The van der Waals surface area contributed by atoms with Crippen LogP contribution in [-0.4, -0.2) is 31.2 Å². The molecule has 0 atom stereocenters. The third kappa shape index (κ3) is 3.84. The van der Waals surface area contributed by atoms with Gasteiger partial charge in [0, 0.05) is 6.54 Å². The molecule has 0 saturated heterocycles. The van der Waals surface area contributed by atoms with Crippen LogP contribution in [0.5, 0.6) is 11.5 Å². The summed E-state index contributed by atoms with van der Waals surface area (Å²) in [5.41, 5.74) is 2.65. The minimum atomic E-state index is -0.179. The van der Waals surface area contributed by atoms with Crippen LogP contribution in [0.2, 0.25) is 0 Å². The summed E-state index contributed by atoms with van der Waals surface area (Å²) in [6.45, 7) is 0.468. The first-order valence-corrected chi connectivity index (χ1v) is 7.61. The smallest absolute Gasteiger partial charge is 0.257 e. The Balaban J connectivity index is 1.45. The normalized spacial score (nSPS) is 10.5. The molecule has 3 rings (SSSR count). The van der Waals surface area contributed by atoms with Gasteiger partial charge in [-0.3, -0.25) is 4.79 Å². The van der Waals surface area contributed by atoms with Crippen LogP contribution in [0.15, 0.2) is 53.3 Å². The van der Waals surface area contributed by atoms with Crippen molar-refractivity contribution in [3.05, 3.63) is 54.4 Å². The SMILES string of the molecule is COc1ccccc1OCC(=O)NCCc1ccc2ncoc2c1. The van der Waals surface area contributed by atoms with E-state index in [0.29, 0.717) is 24.5 Å². The highest BCUT2D eigenvalue weighted by molar-refractivity contribution is 5.77. The molecule has 124 valence electrons. The molecule has 1 amide bonds. The quantitative estimate of drug-likeness (QED) is 0.722. The number of aromatic nitrogens is 1. The van der Waals surface area contributed by atoms with E-state index in [0.717, 1.165) is 16.7 Å². The van der Waals surface area contributed by atoms with Crippen molar-refractivity contribution in [1.29, 1.82) is 0 Å². The number of carbonyl (C=O) groups excluding carboxylic acids is 1. The second-order valence-corrected chi connectivity index (χ2v) is 5.19. The highest BCUT2D eigenvalue weighted by atomic mass is 16.5. The highest BCUT2D eigenvalue weighted by Crippen LogP contribution is 2.25. The van der Waals surface area contributed by atoms with Crippen LogP contribution in [0.1, 0.15) is 5.56 Å². The van der Waals surface area contributed by atoms with Gasteiger partial charge in [-0.2, -0.15) is 0 Å². The Morgan fingerprint density at radius 3 is 2.88 bits per heavy atom. The van der Waals surface area contributed by atoms with Crippen LogP contribution in [0.3, 0.4) is 0 Å².